The maximum absolute atomic E-state index is 11.3. The normalized spacial score (nSPS) is 10.5. The fourth-order valence-electron chi connectivity index (χ4n) is 1.37. The molecule has 17 heavy (non-hydrogen) atoms. The average molecular weight is 251 g/mol. The van der Waals surface area contributed by atoms with E-state index in [1.54, 1.807) is 41.4 Å². The number of esters is 1. The summed E-state index contributed by atoms with van der Waals surface area (Å²) >= 11 is 1.56. The SMILES string of the molecule is CCOC(=O)Cc1ccn(-c2ncc(C)s2)n1. The second-order valence-corrected chi connectivity index (χ2v) is 4.70. The van der Waals surface area contributed by atoms with E-state index in [1.165, 1.54) is 0 Å². The molecule has 0 aromatic carbocycles. The number of thiazole rings is 1. The number of aryl methyl sites for hydroxylation is 1. The predicted molar refractivity (Wildman–Crippen MR) is 64.3 cm³/mol. The van der Waals surface area contributed by atoms with Crippen LogP contribution in [-0.2, 0) is 16.0 Å². The van der Waals surface area contributed by atoms with Crippen LogP contribution in [0.25, 0.3) is 5.13 Å². The lowest BCUT2D eigenvalue weighted by molar-refractivity contribution is -0.142. The van der Waals surface area contributed by atoms with E-state index in [4.69, 9.17) is 4.74 Å². The Labute approximate surface area is 103 Å². The standard InChI is InChI=1S/C11H13N3O2S/c1-3-16-10(15)6-9-4-5-14(13-9)11-12-7-8(2)17-11/h4-5,7H,3,6H2,1-2H3. The van der Waals surface area contributed by atoms with Crippen LogP contribution in [0.4, 0.5) is 0 Å². The molecule has 0 N–H and O–H groups in total. The van der Waals surface area contributed by atoms with Gasteiger partial charge < -0.3 is 4.74 Å². The van der Waals surface area contributed by atoms with Crippen LogP contribution >= 0.6 is 11.3 Å². The molecule has 0 spiro atoms. The van der Waals surface area contributed by atoms with Crippen molar-refractivity contribution in [1.29, 1.82) is 0 Å². The lowest BCUT2D eigenvalue weighted by atomic mass is 10.3. The number of carbonyl (C=O) groups is 1. The van der Waals surface area contributed by atoms with Crippen LogP contribution in [0.5, 0.6) is 0 Å². The van der Waals surface area contributed by atoms with Gasteiger partial charge in [0.25, 0.3) is 0 Å². The Hall–Kier alpha value is -1.69. The minimum Gasteiger partial charge on any atom is -0.466 e. The molecule has 5 nitrogen and oxygen atoms in total. The molecule has 0 unspecified atom stereocenters. The lowest BCUT2D eigenvalue weighted by Gasteiger charge is -1.98. The van der Waals surface area contributed by atoms with Gasteiger partial charge in [0.1, 0.15) is 0 Å². The first-order chi connectivity index (χ1) is 8.19. The van der Waals surface area contributed by atoms with E-state index in [-0.39, 0.29) is 12.4 Å². The van der Waals surface area contributed by atoms with Gasteiger partial charge in [0, 0.05) is 17.3 Å². The van der Waals surface area contributed by atoms with Crippen LogP contribution in [0, 0.1) is 6.92 Å². The van der Waals surface area contributed by atoms with Crippen molar-refractivity contribution in [2.24, 2.45) is 0 Å². The summed E-state index contributed by atoms with van der Waals surface area (Å²) in [7, 11) is 0. The molecule has 0 aliphatic heterocycles. The zero-order valence-corrected chi connectivity index (χ0v) is 10.5. The van der Waals surface area contributed by atoms with Gasteiger partial charge in [-0.3, -0.25) is 4.79 Å². The summed E-state index contributed by atoms with van der Waals surface area (Å²) in [5.41, 5.74) is 0.691. The number of ether oxygens (including phenoxy) is 1. The zero-order valence-electron chi connectivity index (χ0n) is 9.71. The first kappa shape index (κ1) is 11.8. The highest BCUT2D eigenvalue weighted by atomic mass is 32.1. The van der Waals surface area contributed by atoms with E-state index < -0.39 is 0 Å². The van der Waals surface area contributed by atoms with Crippen LogP contribution < -0.4 is 0 Å². The van der Waals surface area contributed by atoms with Crippen molar-refractivity contribution in [3.63, 3.8) is 0 Å². The van der Waals surface area contributed by atoms with Gasteiger partial charge in [-0.25, -0.2) is 9.67 Å². The van der Waals surface area contributed by atoms with E-state index in [1.807, 2.05) is 6.92 Å². The molecular weight excluding hydrogens is 238 g/mol. The molecule has 2 aromatic heterocycles. The fraction of sp³-hybridized carbons (Fsp3) is 0.364. The Bertz CT molecular complexity index is 518. The Morgan fingerprint density at radius 2 is 2.41 bits per heavy atom. The summed E-state index contributed by atoms with van der Waals surface area (Å²) < 4.78 is 6.54. The van der Waals surface area contributed by atoms with Crippen molar-refractivity contribution in [2.45, 2.75) is 20.3 Å². The molecule has 0 amide bonds. The summed E-state index contributed by atoms with van der Waals surface area (Å²) in [6.45, 7) is 4.17. The molecule has 0 radical (unpaired) electrons. The van der Waals surface area contributed by atoms with E-state index in [0.717, 1.165) is 10.0 Å². The minimum absolute atomic E-state index is 0.200. The highest BCUT2D eigenvalue weighted by Crippen LogP contribution is 2.15. The number of rotatable bonds is 4. The van der Waals surface area contributed by atoms with Gasteiger partial charge in [-0.15, -0.1) is 11.3 Å². The van der Waals surface area contributed by atoms with Gasteiger partial charge in [-0.1, -0.05) is 0 Å². The highest BCUT2D eigenvalue weighted by Gasteiger charge is 2.09. The topological polar surface area (TPSA) is 57.0 Å². The van der Waals surface area contributed by atoms with Crippen molar-refractivity contribution in [3.05, 3.63) is 29.0 Å². The third-order valence-electron chi connectivity index (χ3n) is 2.08. The summed E-state index contributed by atoms with van der Waals surface area (Å²) in [6, 6.07) is 1.80. The second kappa shape index (κ2) is 5.09. The van der Waals surface area contributed by atoms with E-state index >= 15 is 0 Å². The van der Waals surface area contributed by atoms with Crippen molar-refractivity contribution >= 4 is 17.3 Å². The van der Waals surface area contributed by atoms with Gasteiger partial charge in [0.15, 0.2) is 0 Å². The third kappa shape index (κ3) is 2.91. The quantitative estimate of drug-likeness (QED) is 0.777. The van der Waals surface area contributed by atoms with Crippen molar-refractivity contribution < 1.29 is 9.53 Å². The Morgan fingerprint density at radius 3 is 3.06 bits per heavy atom. The third-order valence-corrected chi connectivity index (χ3v) is 2.98. The van der Waals surface area contributed by atoms with E-state index in [0.29, 0.717) is 12.3 Å². The molecular formula is C11H13N3O2S. The smallest absolute Gasteiger partial charge is 0.311 e. The molecule has 0 bridgehead atoms. The Morgan fingerprint density at radius 1 is 1.59 bits per heavy atom. The van der Waals surface area contributed by atoms with Gasteiger partial charge in [-0.2, -0.15) is 5.10 Å². The molecule has 0 fully saturated rings. The van der Waals surface area contributed by atoms with Crippen LogP contribution in [-0.4, -0.2) is 27.3 Å². The molecule has 0 saturated carbocycles. The second-order valence-electron chi connectivity index (χ2n) is 3.49. The number of aromatic nitrogens is 3. The molecule has 2 heterocycles. The van der Waals surface area contributed by atoms with Crippen molar-refractivity contribution in [1.82, 2.24) is 14.8 Å². The van der Waals surface area contributed by atoms with E-state index in [9.17, 15) is 4.79 Å². The Kier molecular flexibility index (Phi) is 3.53. The monoisotopic (exact) mass is 251 g/mol. The van der Waals surface area contributed by atoms with Crippen molar-refractivity contribution in [2.75, 3.05) is 6.61 Å². The predicted octanol–water partition coefficient (Wildman–Crippen LogP) is 1.74. The summed E-state index contributed by atoms with van der Waals surface area (Å²) in [5.74, 6) is -0.256. The summed E-state index contributed by atoms with van der Waals surface area (Å²) in [5, 5.41) is 5.08. The first-order valence-electron chi connectivity index (χ1n) is 5.32. The summed E-state index contributed by atoms with van der Waals surface area (Å²) in [4.78, 5) is 16.6. The van der Waals surface area contributed by atoms with Crippen LogP contribution in [0.2, 0.25) is 0 Å². The van der Waals surface area contributed by atoms with Crippen molar-refractivity contribution in [3.8, 4) is 5.13 Å². The largest absolute Gasteiger partial charge is 0.466 e. The van der Waals surface area contributed by atoms with Crippen LogP contribution in [0.3, 0.4) is 0 Å². The Balaban J connectivity index is 2.08. The van der Waals surface area contributed by atoms with Gasteiger partial charge in [0.05, 0.1) is 18.7 Å². The number of carbonyl (C=O) groups excluding carboxylic acids is 1. The molecule has 0 aliphatic rings. The zero-order chi connectivity index (χ0) is 12.3. The number of hydrogen-bond acceptors (Lipinski definition) is 5. The maximum Gasteiger partial charge on any atom is 0.311 e. The van der Waals surface area contributed by atoms with E-state index in [2.05, 4.69) is 10.1 Å². The molecule has 2 aromatic rings. The fourth-order valence-corrected chi connectivity index (χ4v) is 2.07. The lowest BCUT2D eigenvalue weighted by Crippen LogP contribution is -2.08. The highest BCUT2D eigenvalue weighted by molar-refractivity contribution is 7.13. The van der Waals surface area contributed by atoms with Gasteiger partial charge in [-0.05, 0) is 19.9 Å². The molecule has 6 heteroatoms. The molecule has 0 aliphatic carbocycles. The van der Waals surface area contributed by atoms with Gasteiger partial charge >= 0.3 is 5.97 Å². The number of nitrogens with zero attached hydrogens (tertiary/aromatic N) is 3. The molecule has 90 valence electrons. The van der Waals surface area contributed by atoms with Crippen LogP contribution in [0.1, 0.15) is 17.5 Å². The first-order valence-corrected chi connectivity index (χ1v) is 6.13. The molecule has 0 atom stereocenters. The number of hydrogen-bond donors (Lipinski definition) is 0. The molecule has 2 rings (SSSR count). The van der Waals surface area contributed by atoms with Crippen LogP contribution in [0.15, 0.2) is 18.5 Å². The summed E-state index contributed by atoms with van der Waals surface area (Å²) in [6.07, 6.45) is 3.80. The average Bonchev–Trinajstić information content (AvgIpc) is 2.87. The maximum atomic E-state index is 11.3. The molecule has 0 saturated heterocycles. The van der Waals surface area contributed by atoms with Gasteiger partial charge in [0.2, 0.25) is 5.13 Å². The minimum atomic E-state index is -0.256.